The summed E-state index contributed by atoms with van der Waals surface area (Å²) < 4.78 is 5.78. The molecule has 0 unspecified atom stereocenters. The van der Waals surface area contributed by atoms with Crippen molar-refractivity contribution in [3.63, 3.8) is 0 Å². The first-order valence-corrected chi connectivity index (χ1v) is 8.70. The smallest absolute Gasteiger partial charge is 0.337 e. The number of amides is 1. The van der Waals surface area contributed by atoms with Gasteiger partial charge < -0.3 is 15.2 Å². The van der Waals surface area contributed by atoms with E-state index in [0.717, 1.165) is 11.1 Å². The van der Waals surface area contributed by atoms with Crippen molar-refractivity contribution in [2.75, 3.05) is 5.32 Å². The summed E-state index contributed by atoms with van der Waals surface area (Å²) in [6.07, 6.45) is 3.00. The van der Waals surface area contributed by atoms with Crippen molar-refractivity contribution in [2.24, 2.45) is 0 Å². The second-order valence-electron chi connectivity index (χ2n) is 6.02. The van der Waals surface area contributed by atoms with Gasteiger partial charge >= 0.3 is 5.97 Å². The fraction of sp³-hybridized carbons (Fsp3) is 0.0435. The van der Waals surface area contributed by atoms with Crippen LogP contribution in [0.2, 0.25) is 0 Å². The standard InChI is InChI=1S/C23H19NO4/c25-22(24-21-12-5-4-11-20(21)23(26)27)14-13-17-9-6-10-19(15-17)28-16-18-7-2-1-3-8-18/h1-15H,16H2,(H,24,25)(H,26,27)/b14-13+. The molecule has 0 bridgehead atoms. The molecular weight excluding hydrogens is 354 g/mol. The van der Waals surface area contributed by atoms with Crippen molar-refractivity contribution in [1.82, 2.24) is 0 Å². The van der Waals surface area contributed by atoms with Crippen LogP contribution in [0.15, 0.2) is 84.9 Å². The fourth-order valence-corrected chi connectivity index (χ4v) is 2.57. The second kappa shape index (κ2) is 9.19. The Labute approximate surface area is 162 Å². The third kappa shape index (κ3) is 5.32. The van der Waals surface area contributed by atoms with Gasteiger partial charge in [-0.25, -0.2) is 4.79 Å². The highest BCUT2D eigenvalue weighted by atomic mass is 16.5. The van der Waals surface area contributed by atoms with E-state index in [-0.39, 0.29) is 11.3 Å². The van der Waals surface area contributed by atoms with Crippen LogP contribution in [-0.4, -0.2) is 17.0 Å². The van der Waals surface area contributed by atoms with E-state index in [1.54, 1.807) is 24.3 Å². The van der Waals surface area contributed by atoms with Crippen LogP contribution >= 0.6 is 0 Å². The van der Waals surface area contributed by atoms with E-state index in [1.165, 1.54) is 12.1 Å². The number of nitrogens with one attached hydrogen (secondary N) is 1. The molecule has 3 rings (SSSR count). The average molecular weight is 373 g/mol. The van der Waals surface area contributed by atoms with Crippen LogP contribution in [0, 0.1) is 0 Å². The maximum absolute atomic E-state index is 12.1. The quantitative estimate of drug-likeness (QED) is 0.593. The zero-order valence-electron chi connectivity index (χ0n) is 15.0. The van der Waals surface area contributed by atoms with Gasteiger partial charge in [-0.15, -0.1) is 0 Å². The van der Waals surface area contributed by atoms with Crippen LogP contribution in [0.3, 0.4) is 0 Å². The SMILES string of the molecule is O=C(/C=C/c1cccc(OCc2ccccc2)c1)Nc1ccccc1C(=O)O. The first kappa shape index (κ1) is 18.9. The lowest BCUT2D eigenvalue weighted by molar-refractivity contribution is -0.111. The number of hydrogen-bond donors (Lipinski definition) is 2. The third-order valence-corrected chi connectivity index (χ3v) is 3.95. The van der Waals surface area contributed by atoms with E-state index in [2.05, 4.69) is 5.32 Å². The Morgan fingerprint density at radius 3 is 2.46 bits per heavy atom. The minimum atomic E-state index is -1.09. The highest BCUT2D eigenvalue weighted by Gasteiger charge is 2.10. The first-order valence-electron chi connectivity index (χ1n) is 8.70. The summed E-state index contributed by atoms with van der Waals surface area (Å²) in [7, 11) is 0. The fourth-order valence-electron chi connectivity index (χ4n) is 2.57. The second-order valence-corrected chi connectivity index (χ2v) is 6.02. The van der Waals surface area contributed by atoms with E-state index in [1.807, 2.05) is 54.6 Å². The van der Waals surface area contributed by atoms with Gasteiger partial charge in [0.25, 0.3) is 0 Å². The molecule has 140 valence electrons. The van der Waals surface area contributed by atoms with Crippen LogP contribution in [0.25, 0.3) is 6.08 Å². The number of ether oxygens (including phenoxy) is 1. The predicted octanol–water partition coefficient (Wildman–Crippen LogP) is 4.62. The molecule has 0 aliphatic heterocycles. The van der Waals surface area contributed by atoms with Gasteiger partial charge in [-0.05, 0) is 41.5 Å². The zero-order valence-corrected chi connectivity index (χ0v) is 15.0. The maximum atomic E-state index is 12.1. The van der Waals surface area contributed by atoms with Crippen LogP contribution in [0.4, 0.5) is 5.69 Å². The number of carbonyl (C=O) groups excluding carboxylic acids is 1. The Morgan fingerprint density at radius 2 is 1.68 bits per heavy atom. The van der Waals surface area contributed by atoms with Crippen molar-refractivity contribution in [2.45, 2.75) is 6.61 Å². The van der Waals surface area contributed by atoms with Crippen molar-refractivity contribution >= 4 is 23.6 Å². The Balaban J connectivity index is 1.62. The van der Waals surface area contributed by atoms with Crippen LogP contribution in [-0.2, 0) is 11.4 Å². The molecule has 0 fully saturated rings. The van der Waals surface area contributed by atoms with E-state index < -0.39 is 11.9 Å². The molecule has 5 heteroatoms. The summed E-state index contributed by atoms with van der Waals surface area (Å²) in [5.74, 6) is -0.810. The number of aromatic carboxylic acids is 1. The molecule has 0 aliphatic carbocycles. The van der Waals surface area contributed by atoms with Crippen molar-refractivity contribution in [3.05, 3.63) is 102 Å². The Morgan fingerprint density at radius 1 is 0.929 bits per heavy atom. The van der Waals surface area contributed by atoms with Crippen molar-refractivity contribution < 1.29 is 19.4 Å². The Hall–Kier alpha value is -3.86. The topological polar surface area (TPSA) is 75.6 Å². The molecule has 3 aromatic rings. The molecule has 28 heavy (non-hydrogen) atoms. The lowest BCUT2D eigenvalue weighted by Crippen LogP contribution is -2.11. The number of anilines is 1. The number of para-hydroxylation sites is 1. The summed E-state index contributed by atoms with van der Waals surface area (Å²) in [6.45, 7) is 0.459. The molecule has 0 heterocycles. The number of hydrogen-bond acceptors (Lipinski definition) is 3. The van der Waals surface area contributed by atoms with Gasteiger partial charge in [0, 0.05) is 6.08 Å². The molecule has 0 aliphatic rings. The molecule has 0 saturated carbocycles. The summed E-state index contributed by atoms with van der Waals surface area (Å²) in [4.78, 5) is 23.3. The lowest BCUT2D eigenvalue weighted by Gasteiger charge is -2.07. The lowest BCUT2D eigenvalue weighted by atomic mass is 10.1. The third-order valence-electron chi connectivity index (χ3n) is 3.95. The molecule has 0 aromatic heterocycles. The Kier molecular flexibility index (Phi) is 6.21. The molecule has 2 N–H and O–H groups in total. The summed E-state index contributed by atoms with van der Waals surface area (Å²) in [6, 6.07) is 23.5. The molecule has 0 atom stereocenters. The highest BCUT2D eigenvalue weighted by molar-refractivity contribution is 6.06. The number of carbonyl (C=O) groups is 2. The first-order chi connectivity index (χ1) is 13.6. The summed E-state index contributed by atoms with van der Waals surface area (Å²) in [5, 5.41) is 11.8. The molecule has 5 nitrogen and oxygen atoms in total. The van der Waals surface area contributed by atoms with Gasteiger partial charge in [0.05, 0.1) is 11.3 Å². The number of rotatable bonds is 7. The van der Waals surface area contributed by atoms with Gasteiger partial charge in [0.1, 0.15) is 12.4 Å². The van der Waals surface area contributed by atoms with Crippen molar-refractivity contribution in [3.8, 4) is 5.75 Å². The maximum Gasteiger partial charge on any atom is 0.337 e. The van der Waals surface area contributed by atoms with Gasteiger partial charge in [-0.1, -0.05) is 54.6 Å². The predicted molar refractivity (Wildman–Crippen MR) is 108 cm³/mol. The van der Waals surface area contributed by atoms with Crippen LogP contribution < -0.4 is 10.1 Å². The summed E-state index contributed by atoms with van der Waals surface area (Å²) >= 11 is 0. The van der Waals surface area contributed by atoms with E-state index in [0.29, 0.717) is 12.4 Å². The zero-order chi connectivity index (χ0) is 19.8. The summed E-state index contributed by atoms with van der Waals surface area (Å²) in [5.41, 5.74) is 2.16. The normalized spacial score (nSPS) is 10.6. The molecule has 0 saturated heterocycles. The van der Waals surface area contributed by atoms with E-state index >= 15 is 0 Å². The Bertz CT molecular complexity index is 996. The van der Waals surface area contributed by atoms with E-state index in [9.17, 15) is 9.59 Å². The molecule has 1 amide bonds. The van der Waals surface area contributed by atoms with Gasteiger partial charge in [-0.3, -0.25) is 4.79 Å². The number of carboxylic acid groups (broad SMARTS) is 1. The van der Waals surface area contributed by atoms with Crippen molar-refractivity contribution in [1.29, 1.82) is 0 Å². The minimum absolute atomic E-state index is 0.0422. The number of benzene rings is 3. The molecule has 0 spiro atoms. The monoisotopic (exact) mass is 373 g/mol. The minimum Gasteiger partial charge on any atom is -0.489 e. The molecule has 0 radical (unpaired) electrons. The van der Waals surface area contributed by atoms with Crippen LogP contribution in [0.5, 0.6) is 5.75 Å². The van der Waals surface area contributed by atoms with E-state index in [4.69, 9.17) is 9.84 Å². The largest absolute Gasteiger partial charge is 0.489 e. The van der Waals surface area contributed by atoms with Gasteiger partial charge in [-0.2, -0.15) is 0 Å². The molecule has 3 aromatic carbocycles. The number of carboxylic acids is 1. The highest BCUT2D eigenvalue weighted by Crippen LogP contribution is 2.17. The molecular formula is C23H19NO4. The van der Waals surface area contributed by atoms with Gasteiger partial charge in [0.15, 0.2) is 0 Å². The van der Waals surface area contributed by atoms with Crippen LogP contribution in [0.1, 0.15) is 21.5 Å². The van der Waals surface area contributed by atoms with Gasteiger partial charge in [0.2, 0.25) is 5.91 Å². The average Bonchev–Trinajstić information content (AvgIpc) is 2.72.